The van der Waals surface area contributed by atoms with Crippen molar-refractivity contribution in [2.24, 2.45) is 11.3 Å². The number of carbonyl (C=O) groups is 1. The van der Waals surface area contributed by atoms with Crippen LogP contribution in [-0.2, 0) is 9.53 Å². The van der Waals surface area contributed by atoms with E-state index in [1.807, 2.05) is 0 Å². The number of methoxy groups -OCH3 is 1. The van der Waals surface area contributed by atoms with Crippen molar-refractivity contribution >= 4 is 5.91 Å². The third-order valence-corrected chi connectivity index (χ3v) is 4.40. The summed E-state index contributed by atoms with van der Waals surface area (Å²) < 4.78 is 4.83. The summed E-state index contributed by atoms with van der Waals surface area (Å²) in [6.45, 7) is 3.16. The van der Waals surface area contributed by atoms with E-state index in [1.165, 1.54) is 32.1 Å². The van der Waals surface area contributed by atoms with Gasteiger partial charge in [0.15, 0.2) is 0 Å². The molecule has 4 nitrogen and oxygen atoms in total. The minimum atomic E-state index is 0.00496. The van der Waals surface area contributed by atoms with Gasteiger partial charge in [-0.3, -0.25) is 4.79 Å². The predicted octanol–water partition coefficient (Wildman–Crippen LogP) is 0.919. The van der Waals surface area contributed by atoms with E-state index in [1.54, 1.807) is 7.11 Å². The Balaban J connectivity index is 1.84. The molecule has 2 fully saturated rings. The Hall–Kier alpha value is -0.610. The number of hydrogen-bond acceptors (Lipinski definition) is 3. The van der Waals surface area contributed by atoms with Crippen LogP contribution in [0.5, 0.6) is 0 Å². The monoisotopic (exact) mass is 240 g/mol. The number of carbonyl (C=O) groups excluding carboxylic acids is 1. The van der Waals surface area contributed by atoms with E-state index in [9.17, 15) is 4.79 Å². The molecular weight excluding hydrogens is 216 g/mol. The summed E-state index contributed by atoms with van der Waals surface area (Å²) in [5.41, 5.74) is 0.457. The number of nitrogens with one attached hydrogen (secondary N) is 2. The van der Waals surface area contributed by atoms with Crippen molar-refractivity contribution in [1.82, 2.24) is 10.6 Å². The molecule has 1 saturated carbocycles. The maximum atomic E-state index is 11.4. The second-order valence-electron chi connectivity index (χ2n) is 5.49. The molecule has 0 aromatic rings. The fourth-order valence-corrected chi connectivity index (χ4v) is 3.40. The molecule has 1 aliphatic heterocycles. The number of rotatable bonds is 4. The summed E-state index contributed by atoms with van der Waals surface area (Å²) in [4.78, 5) is 11.4. The Kier molecular flexibility index (Phi) is 4.40. The smallest absolute Gasteiger partial charge is 0.245 e. The highest BCUT2D eigenvalue weighted by Crippen LogP contribution is 2.44. The van der Waals surface area contributed by atoms with Gasteiger partial charge in [-0.25, -0.2) is 0 Å². The van der Waals surface area contributed by atoms with Gasteiger partial charge in [0.1, 0.15) is 6.61 Å². The molecule has 1 atom stereocenters. The van der Waals surface area contributed by atoms with E-state index in [0.717, 1.165) is 19.6 Å². The van der Waals surface area contributed by atoms with Crippen LogP contribution in [0.15, 0.2) is 0 Å². The molecule has 1 aliphatic carbocycles. The molecule has 4 heteroatoms. The first-order chi connectivity index (χ1) is 8.27. The van der Waals surface area contributed by atoms with Crippen LogP contribution in [0.2, 0.25) is 0 Å². The summed E-state index contributed by atoms with van der Waals surface area (Å²) in [5.74, 6) is 0.606. The molecule has 1 unspecified atom stereocenters. The van der Waals surface area contributed by atoms with Crippen molar-refractivity contribution in [2.45, 2.75) is 32.1 Å². The maximum Gasteiger partial charge on any atom is 0.245 e. The first-order valence-corrected chi connectivity index (χ1v) is 6.73. The zero-order chi connectivity index (χ0) is 12.1. The summed E-state index contributed by atoms with van der Waals surface area (Å²) >= 11 is 0. The molecule has 2 aliphatic rings. The summed E-state index contributed by atoms with van der Waals surface area (Å²) in [7, 11) is 1.55. The second kappa shape index (κ2) is 5.83. The van der Waals surface area contributed by atoms with Crippen molar-refractivity contribution in [3.05, 3.63) is 0 Å². The Morgan fingerprint density at radius 1 is 1.41 bits per heavy atom. The standard InChI is InChI=1S/C13H24N2O2/c1-17-9-12(16)15-8-11-7-14-10-13(11)5-3-2-4-6-13/h11,14H,2-10H2,1H3,(H,15,16). The Morgan fingerprint density at radius 3 is 2.88 bits per heavy atom. The van der Waals surface area contributed by atoms with Crippen LogP contribution in [-0.4, -0.2) is 39.3 Å². The van der Waals surface area contributed by atoms with Crippen LogP contribution in [0, 0.1) is 11.3 Å². The molecule has 17 heavy (non-hydrogen) atoms. The van der Waals surface area contributed by atoms with E-state index in [2.05, 4.69) is 10.6 Å². The summed E-state index contributed by atoms with van der Waals surface area (Å²) in [5, 5.41) is 6.50. The number of amides is 1. The zero-order valence-corrected chi connectivity index (χ0v) is 10.8. The van der Waals surface area contributed by atoms with Crippen LogP contribution in [0.25, 0.3) is 0 Å². The maximum absolute atomic E-state index is 11.4. The molecule has 0 bridgehead atoms. The molecule has 1 heterocycles. The highest BCUT2D eigenvalue weighted by Gasteiger charge is 2.42. The number of hydrogen-bond donors (Lipinski definition) is 2. The molecule has 2 N–H and O–H groups in total. The quantitative estimate of drug-likeness (QED) is 0.768. The molecule has 0 aromatic heterocycles. The van der Waals surface area contributed by atoms with Gasteiger partial charge in [-0.05, 0) is 24.2 Å². The van der Waals surface area contributed by atoms with Crippen LogP contribution >= 0.6 is 0 Å². The fraction of sp³-hybridized carbons (Fsp3) is 0.923. The topological polar surface area (TPSA) is 50.4 Å². The highest BCUT2D eigenvalue weighted by molar-refractivity contribution is 5.77. The second-order valence-corrected chi connectivity index (χ2v) is 5.49. The Labute approximate surface area is 103 Å². The van der Waals surface area contributed by atoms with Gasteiger partial charge >= 0.3 is 0 Å². The van der Waals surface area contributed by atoms with Gasteiger partial charge < -0.3 is 15.4 Å². The van der Waals surface area contributed by atoms with Crippen molar-refractivity contribution in [1.29, 1.82) is 0 Å². The van der Waals surface area contributed by atoms with Gasteiger partial charge in [0.25, 0.3) is 0 Å². The predicted molar refractivity (Wildman–Crippen MR) is 66.8 cm³/mol. The average Bonchev–Trinajstić information content (AvgIpc) is 2.71. The normalized spacial score (nSPS) is 27.2. The van der Waals surface area contributed by atoms with Gasteiger partial charge in [-0.1, -0.05) is 19.3 Å². The van der Waals surface area contributed by atoms with Crippen LogP contribution in [0.4, 0.5) is 0 Å². The minimum absolute atomic E-state index is 0.00496. The van der Waals surface area contributed by atoms with E-state index in [-0.39, 0.29) is 12.5 Å². The molecule has 0 radical (unpaired) electrons. The number of ether oxygens (including phenoxy) is 1. The lowest BCUT2D eigenvalue weighted by Crippen LogP contribution is -2.40. The van der Waals surface area contributed by atoms with Gasteiger partial charge in [-0.2, -0.15) is 0 Å². The fourth-order valence-electron chi connectivity index (χ4n) is 3.40. The van der Waals surface area contributed by atoms with Gasteiger partial charge in [0.05, 0.1) is 0 Å². The van der Waals surface area contributed by atoms with Crippen molar-refractivity contribution in [3.8, 4) is 0 Å². The molecular formula is C13H24N2O2. The van der Waals surface area contributed by atoms with Crippen LogP contribution in [0.3, 0.4) is 0 Å². The third-order valence-electron chi connectivity index (χ3n) is 4.40. The largest absolute Gasteiger partial charge is 0.375 e. The van der Waals surface area contributed by atoms with Crippen molar-refractivity contribution < 1.29 is 9.53 Å². The lowest BCUT2D eigenvalue weighted by atomic mass is 9.68. The first kappa shape index (κ1) is 12.8. The minimum Gasteiger partial charge on any atom is -0.375 e. The molecule has 98 valence electrons. The summed E-state index contributed by atoms with van der Waals surface area (Å²) in [6.07, 6.45) is 6.73. The summed E-state index contributed by atoms with van der Waals surface area (Å²) in [6, 6.07) is 0. The van der Waals surface area contributed by atoms with Crippen molar-refractivity contribution in [2.75, 3.05) is 33.4 Å². The van der Waals surface area contributed by atoms with E-state index in [4.69, 9.17) is 4.74 Å². The van der Waals surface area contributed by atoms with Gasteiger partial charge in [0, 0.05) is 26.7 Å². The highest BCUT2D eigenvalue weighted by atomic mass is 16.5. The lowest BCUT2D eigenvalue weighted by molar-refractivity contribution is -0.125. The van der Waals surface area contributed by atoms with Gasteiger partial charge in [0.2, 0.25) is 5.91 Å². The van der Waals surface area contributed by atoms with Crippen LogP contribution < -0.4 is 10.6 Å². The Morgan fingerprint density at radius 2 is 2.18 bits per heavy atom. The zero-order valence-electron chi connectivity index (χ0n) is 10.8. The molecule has 1 spiro atoms. The SMILES string of the molecule is COCC(=O)NCC1CNCC12CCCCC2. The van der Waals surface area contributed by atoms with E-state index >= 15 is 0 Å². The average molecular weight is 240 g/mol. The molecule has 2 rings (SSSR count). The van der Waals surface area contributed by atoms with Crippen LogP contribution in [0.1, 0.15) is 32.1 Å². The Bertz CT molecular complexity index is 262. The molecule has 0 aromatic carbocycles. The molecule has 1 amide bonds. The third kappa shape index (κ3) is 2.99. The lowest BCUT2D eigenvalue weighted by Gasteiger charge is -2.38. The first-order valence-electron chi connectivity index (χ1n) is 6.73. The van der Waals surface area contributed by atoms with Gasteiger partial charge in [-0.15, -0.1) is 0 Å². The van der Waals surface area contributed by atoms with E-state index < -0.39 is 0 Å². The van der Waals surface area contributed by atoms with Crippen molar-refractivity contribution in [3.63, 3.8) is 0 Å². The van der Waals surface area contributed by atoms with E-state index in [0.29, 0.717) is 11.3 Å². The molecule has 1 saturated heterocycles.